The number of thiazole rings is 1. The summed E-state index contributed by atoms with van der Waals surface area (Å²) in [6, 6.07) is 0. The van der Waals surface area contributed by atoms with Crippen LogP contribution in [-0.4, -0.2) is 48.6 Å². The number of carbonyl (C=O) groups is 1. The van der Waals surface area contributed by atoms with Gasteiger partial charge in [0.05, 0.1) is 12.2 Å². The van der Waals surface area contributed by atoms with E-state index in [0.717, 1.165) is 42.2 Å². The SMILES string of the molecule is CCCCC1CCC(C(=O)Nc2nc3c(s2)CN(S(=O)(=O)N(C)C)CC3)CC1. The molecule has 1 aromatic heterocycles. The smallest absolute Gasteiger partial charge is 0.281 e. The lowest BCUT2D eigenvalue weighted by Crippen LogP contribution is -2.42. The van der Waals surface area contributed by atoms with E-state index in [-0.39, 0.29) is 11.8 Å². The Morgan fingerprint density at radius 1 is 1.29 bits per heavy atom. The summed E-state index contributed by atoms with van der Waals surface area (Å²) in [5.74, 6) is 0.919. The van der Waals surface area contributed by atoms with Crippen LogP contribution in [0.4, 0.5) is 5.13 Å². The van der Waals surface area contributed by atoms with Gasteiger partial charge in [-0.3, -0.25) is 4.79 Å². The van der Waals surface area contributed by atoms with E-state index in [1.165, 1.54) is 39.2 Å². The van der Waals surface area contributed by atoms with Crippen LogP contribution in [0.25, 0.3) is 0 Å². The Morgan fingerprint density at radius 3 is 2.64 bits per heavy atom. The number of rotatable bonds is 7. The van der Waals surface area contributed by atoms with Crippen LogP contribution >= 0.6 is 11.3 Å². The third kappa shape index (κ3) is 4.93. The molecule has 2 heterocycles. The molecule has 0 spiro atoms. The second kappa shape index (κ2) is 9.19. The van der Waals surface area contributed by atoms with Crippen molar-refractivity contribution < 1.29 is 13.2 Å². The van der Waals surface area contributed by atoms with Crippen molar-refractivity contribution in [1.82, 2.24) is 13.6 Å². The molecule has 0 bridgehead atoms. The third-order valence-corrected chi connectivity index (χ3v) is 8.78. The second-order valence-corrected chi connectivity index (χ2v) is 11.3. The highest BCUT2D eigenvalue weighted by molar-refractivity contribution is 7.86. The van der Waals surface area contributed by atoms with Gasteiger partial charge >= 0.3 is 0 Å². The molecule has 2 aliphatic rings. The molecule has 158 valence electrons. The lowest BCUT2D eigenvalue weighted by atomic mass is 9.79. The average molecular weight is 429 g/mol. The molecule has 7 nitrogen and oxygen atoms in total. The molecule has 0 atom stereocenters. The zero-order valence-electron chi connectivity index (χ0n) is 17.1. The number of nitrogens with one attached hydrogen (secondary N) is 1. The fraction of sp³-hybridized carbons (Fsp3) is 0.789. The summed E-state index contributed by atoms with van der Waals surface area (Å²) in [4.78, 5) is 18.1. The van der Waals surface area contributed by atoms with Gasteiger partial charge in [-0.1, -0.05) is 26.2 Å². The molecule has 1 aromatic rings. The van der Waals surface area contributed by atoms with Crippen LogP contribution in [0.2, 0.25) is 0 Å². The van der Waals surface area contributed by atoms with Gasteiger partial charge in [0.2, 0.25) is 5.91 Å². The molecule has 9 heteroatoms. The van der Waals surface area contributed by atoms with Crippen LogP contribution in [0.15, 0.2) is 0 Å². The Bertz CT molecular complexity index is 783. The monoisotopic (exact) mass is 428 g/mol. The summed E-state index contributed by atoms with van der Waals surface area (Å²) < 4.78 is 27.4. The van der Waals surface area contributed by atoms with Crippen molar-refractivity contribution in [2.24, 2.45) is 11.8 Å². The highest BCUT2D eigenvalue weighted by Gasteiger charge is 2.31. The van der Waals surface area contributed by atoms with Crippen LogP contribution in [0.1, 0.15) is 62.4 Å². The molecule has 0 saturated heterocycles. The zero-order valence-corrected chi connectivity index (χ0v) is 18.7. The minimum Gasteiger partial charge on any atom is -0.302 e. The van der Waals surface area contributed by atoms with Crippen LogP contribution < -0.4 is 5.32 Å². The normalized spacial score (nSPS) is 23.6. The van der Waals surface area contributed by atoms with Crippen molar-refractivity contribution in [3.8, 4) is 0 Å². The number of aromatic nitrogens is 1. The van der Waals surface area contributed by atoms with Crippen molar-refractivity contribution in [2.75, 3.05) is 26.0 Å². The number of carbonyl (C=O) groups excluding carboxylic acids is 1. The highest BCUT2D eigenvalue weighted by atomic mass is 32.2. The van der Waals surface area contributed by atoms with Gasteiger partial charge < -0.3 is 5.32 Å². The molecule has 1 amide bonds. The molecule has 1 N–H and O–H groups in total. The highest BCUT2D eigenvalue weighted by Crippen LogP contribution is 2.34. The van der Waals surface area contributed by atoms with Gasteiger partial charge in [-0.2, -0.15) is 17.0 Å². The largest absolute Gasteiger partial charge is 0.302 e. The number of hydrogen-bond donors (Lipinski definition) is 1. The van der Waals surface area contributed by atoms with Gasteiger partial charge in [0.15, 0.2) is 5.13 Å². The third-order valence-electron chi connectivity index (χ3n) is 5.90. The molecule has 3 rings (SSSR count). The molecule has 0 aromatic carbocycles. The fourth-order valence-corrected chi connectivity index (χ4v) is 6.25. The zero-order chi connectivity index (χ0) is 20.3. The van der Waals surface area contributed by atoms with E-state index in [4.69, 9.17) is 0 Å². The molecule has 1 saturated carbocycles. The predicted octanol–water partition coefficient (Wildman–Crippen LogP) is 3.24. The first-order valence-electron chi connectivity index (χ1n) is 10.3. The Hall–Kier alpha value is -1.03. The van der Waals surface area contributed by atoms with E-state index in [1.54, 1.807) is 14.1 Å². The van der Waals surface area contributed by atoms with Gasteiger partial charge in [0.25, 0.3) is 10.2 Å². The average Bonchev–Trinajstić information content (AvgIpc) is 3.07. The molecule has 0 unspecified atom stereocenters. The Balaban J connectivity index is 1.56. The van der Waals surface area contributed by atoms with Gasteiger partial charge in [-0.15, -0.1) is 11.3 Å². The summed E-state index contributed by atoms with van der Waals surface area (Å²) in [5, 5.41) is 3.60. The lowest BCUT2D eigenvalue weighted by molar-refractivity contribution is -0.121. The minimum absolute atomic E-state index is 0.0674. The van der Waals surface area contributed by atoms with Crippen molar-refractivity contribution in [2.45, 2.75) is 64.8 Å². The number of amides is 1. The quantitative estimate of drug-likeness (QED) is 0.723. The van der Waals surface area contributed by atoms with E-state index in [2.05, 4.69) is 17.2 Å². The van der Waals surface area contributed by atoms with Crippen molar-refractivity contribution in [3.63, 3.8) is 0 Å². The molecule has 1 fully saturated rings. The van der Waals surface area contributed by atoms with Gasteiger partial charge in [-0.05, 0) is 31.6 Å². The van der Waals surface area contributed by atoms with Gasteiger partial charge in [0, 0.05) is 37.9 Å². The minimum atomic E-state index is -3.43. The topological polar surface area (TPSA) is 82.6 Å². The maximum Gasteiger partial charge on any atom is 0.281 e. The summed E-state index contributed by atoms with van der Waals surface area (Å²) in [6.07, 6.45) is 8.59. The molecule has 28 heavy (non-hydrogen) atoms. The lowest BCUT2D eigenvalue weighted by Gasteiger charge is -2.27. The number of anilines is 1. The Kier molecular flexibility index (Phi) is 7.12. The van der Waals surface area contributed by atoms with Crippen molar-refractivity contribution in [1.29, 1.82) is 0 Å². The first-order chi connectivity index (χ1) is 13.3. The summed E-state index contributed by atoms with van der Waals surface area (Å²) in [5.41, 5.74) is 0.911. The van der Waals surface area contributed by atoms with Crippen molar-refractivity contribution in [3.05, 3.63) is 10.6 Å². The molecular weight excluding hydrogens is 396 g/mol. The van der Waals surface area contributed by atoms with Crippen LogP contribution in [0, 0.1) is 11.8 Å². The number of nitrogens with zero attached hydrogens (tertiary/aromatic N) is 3. The van der Waals surface area contributed by atoms with Gasteiger partial charge in [-0.25, -0.2) is 4.98 Å². The van der Waals surface area contributed by atoms with Crippen LogP contribution in [-0.2, 0) is 28.0 Å². The number of fused-ring (bicyclic) bond motifs is 1. The van der Waals surface area contributed by atoms with Crippen molar-refractivity contribution >= 4 is 32.6 Å². The van der Waals surface area contributed by atoms with Crippen LogP contribution in [0.3, 0.4) is 0 Å². The molecular formula is C19H32N4O3S2. The Labute approximate surface area is 172 Å². The summed E-state index contributed by atoms with van der Waals surface area (Å²) in [6.45, 7) is 2.97. The van der Waals surface area contributed by atoms with Gasteiger partial charge in [0.1, 0.15) is 0 Å². The second-order valence-electron chi connectivity index (χ2n) is 8.11. The number of unbranched alkanes of at least 4 members (excludes halogenated alkanes) is 1. The Morgan fingerprint density at radius 2 is 2.00 bits per heavy atom. The summed E-state index contributed by atoms with van der Waals surface area (Å²) in [7, 11) is -0.344. The van der Waals surface area contributed by atoms with E-state index in [0.29, 0.717) is 24.6 Å². The standard InChI is InChI=1S/C19H32N4O3S2/c1-4-5-6-14-7-9-15(10-8-14)18(24)21-19-20-16-11-12-23(13-17(16)27-19)28(25,26)22(2)3/h14-15H,4-13H2,1-3H3,(H,20,21,24). The molecule has 0 radical (unpaired) electrons. The van der Waals surface area contributed by atoms with Crippen LogP contribution in [0.5, 0.6) is 0 Å². The first-order valence-corrected chi connectivity index (χ1v) is 12.5. The maximum absolute atomic E-state index is 12.7. The van der Waals surface area contributed by atoms with E-state index in [9.17, 15) is 13.2 Å². The first kappa shape index (κ1) is 21.7. The molecule has 1 aliphatic carbocycles. The number of hydrogen-bond acceptors (Lipinski definition) is 5. The van der Waals surface area contributed by atoms with E-state index >= 15 is 0 Å². The fourth-order valence-electron chi connectivity index (χ4n) is 4.07. The summed E-state index contributed by atoms with van der Waals surface area (Å²) >= 11 is 1.40. The van der Waals surface area contributed by atoms with E-state index < -0.39 is 10.2 Å². The molecule has 1 aliphatic heterocycles. The van der Waals surface area contributed by atoms with E-state index in [1.807, 2.05) is 0 Å². The maximum atomic E-state index is 12.7. The predicted molar refractivity (Wildman–Crippen MR) is 112 cm³/mol.